The molecule has 6 rings (SSSR count). The number of fused-ring (bicyclic) bond motifs is 4. The Morgan fingerprint density at radius 3 is 2.67 bits per heavy atom. The van der Waals surface area contributed by atoms with Crippen LogP contribution in [0.25, 0.3) is 0 Å². The fourth-order valence-electron chi connectivity index (χ4n) is 6.21. The van der Waals surface area contributed by atoms with Crippen molar-refractivity contribution in [1.29, 1.82) is 0 Å². The summed E-state index contributed by atoms with van der Waals surface area (Å²) in [5.41, 5.74) is 3.50. The largest absolute Gasteiger partial charge is 0.489 e. The number of ether oxygens (including phenoxy) is 2. The Kier molecular flexibility index (Phi) is 7.13. The lowest BCUT2D eigenvalue weighted by molar-refractivity contribution is 0.0336. The van der Waals surface area contributed by atoms with Crippen LogP contribution in [0.2, 0.25) is 0 Å². The Morgan fingerprint density at radius 1 is 1.10 bits per heavy atom. The number of urea groups is 1. The third-order valence-corrected chi connectivity index (χ3v) is 8.40. The molecule has 1 saturated carbocycles. The zero-order valence-corrected chi connectivity index (χ0v) is 23.2. The topological polar surface area (TPSA) is 79.9 Å². The quantitative estimate of drug-likeness (QED) is 0.352. The van der Waals surface area contributed by atoms with Crippen LogP contribution in [0.1, 0.15) is 72.1 Å². The summed E-state index contributed by atoms with van der Waals surface area (Å²) in [7, 11) is 0. The SMILES string of the molecule is Cc1ccc(CCNC(=O)c2cccc(N3C(=O)NC4CC3(C)Oc3c(OCC5CCCC5)cccc34)c2)cc1. The van der Waals surface area contributed by atoms with Gasteiger partial charge in [-0.05, 0) is 68.9 Å². The summed E-state index contributed by atoms with van der Waals surface area (Å²) in [6.07, 6.45) is 6.26. The first kappa shape index (κ1) is 26.2. The molecule has 0 aromatic heterocycles. The maximum Gasteiger partial charge on any atom is 0.325 e. The first-order chi connectivity index (χ1) is 19.4. The van der Waals surface area contributed by atoms with Crippen molar-refractivity contribution in [3.05, 3.63) is 89.0 Å². The molecular formula is C33H37N3O4. The van der Waals surface area contributed by atoms with Crippen LogP contribution in [-0.2, 0) is 6.42 Å². The maximum atomic E-state index is 13.4. The summed E-state index contributed by atoms with van der Waals surface area (Å²) in [5.74, 6) is 1.82. The van der Waals surface area contributed by atoms with E-state index in [0.717, 1.165) is 17.7 Å². The molecule has 7 heteroatoms. The van der Waals surface area contributed by atoms with Crippen molar-refractivity contribution in [3.63, 3.8) is 0 Å². The average Bonchev–Trinajstić information content (AvgIpc) is 3.46. The monoisotopic (exact) mass is 539 g/mol. The number of benzene rings is 3. The van der Waals surface area contributed by atoms with Gasteiger partial charge in [-0.1, -0.05) is 60.9 Å². The Balaban J connectivity index is 1.19. The van der Waals surface area contributed by atoms with E-state index in [1.54, 1.807) is 23.1 Å². The molecule has 2 N–H and O–H groups in total. The number of para-hydroxylation sites is 1. The molecule has 2 atom stereocenters. The summed E-state index contributed by atoms with van der Waals surface area (Å²) in [4.78, 5) is 28.1. The fourth-order valence-corrected chi connectivity index (χ4v) is 6.21. The molecule has 2 aliphatic heterocycles. The average molecular weight is 540 g/mol. The number of rotatable bonds is 8. The molecule has 0 spiro atoms. The second-order valence-electron chi connectivity index (χ2n) is 11.5. The molecule has 7 nitrogen and oxygen atoms in total. The van der Waals surface area contributed by atoms with Gasteiger partial charge in [-0.25, -0.2) is 4.79 Å². The lowest BCUT2D eigenvalue weighted by Gasteiger charge is -2.50. The number of hydrogen-bond donors (Lipinski definition) is 2. The highest BCUT2D eigenvalue weighted by molar-refractivity contribution is 5.99. The van der Waals surface area contributed by atoms with Gasteiger partial charge in [0.05, 0.1) is 18.3 Å². The van der Waals surface area contributed by atoms with Crippen molar-refractivity contribution in [2.75, 3.05) is 18.1 Å². The Labute approximate surface area is 235 Å². The first-order valence-electron chi connectivity index (χ1n) is 14.4. The fraction of sp³-hybridized carbons (Fsp3) is 0.394. The van der Waals surface area contributed by atoms with E-state index in [-0.39, 0.29) is 18.0 Å². The van der Waals surface area contributed by atoms with Gasteiger partial charge in [-0.2, -0.15) is 0 Å². The number of carbonyl (C=O) groups is 2. The van der Waals surface area contributed by atoms with Crippen LogP contribution >= 0.6 is 0 Å². The summed E-state index contributed by atoms with van der Waals surface area (Å²) >= 11 is 0. The number of aryl methyl sites for hydroxylation is 1. The van der Waals surface area contributed by atoms with Crippen LogP contribution in [0, 0.1) is 12.8 Å². The van der Waals surface area contributed by atoms with E-state index in [4.69, 9.17) is 9.47 Å². The summed E-state index contributed by atoms with van der Waals surface area (Å²) in [6, 6.07) is 21.0. The molecule has 2 bridgehead atoms. The van der Waals surface area contributed by atoms with E-state index in [9.17, 15) is 9.59 Å². The molecule has 0 radical (unpaired) electrons. The van der Waals surface area contributed by atoms with E-state index in [1.807, 2.05) is 31.2 Å². The molecular weight excluding hydrogens is 502 g/mol. The maximum absolute atomic E-state index is 13.4. The molecule has 3 amide bonds. The van der Waals surface area contributed by atoms with Gasteiger partial charge in [-0.15, -0.1) is 0 Å². The molecule has 2 heterocycles. The Hall–Kier alpha value is -4.00. The lowest BCUT2D eigenvalue weighted by atomic mass is 9.89. The zero-order valence-electron chi connectivity index (χ0n) is 23.2. The lowest BCUT2D eigenvalue weighted by Crippen LogP contribution is -2.65. The highest BCUT2D eigenvalue weighted by atomic mass is 16.5. The molecule has 3 aromatic carbocycles. The van der Waals surface area contributed by atoms with Crippen LogP contribution in [0.15, 0.2) is 66.7 Å². The number of anilines is 1. The zero-order chi connectivity index (χ0) is 27.7. The number of nitrogens with one attached hydrogen (secondary N) is 2. The minimum absolute atomic E-state index is 0.174. The number of nitrogens with zero attached hydrogens (tertiary/aromatic N) is 1. The normalized spacial score (nSPS) is 21.8. The van der Waals surface area contributed by atoms with Gasteiger partial charge in [0.25, 0.3) is 5.91 Å². The third-order valence-electron chi connectivity index (χ3n) is 8.40. The van der Waals surface area contributed by atoms with Gasteiger partial charge in [0, 0.05) is 24.1 Å². The first-order valence-corrected chi connectivity index (χ1v) is 14.4. The van der Waals surface area contributed by atoms with Gasteiger partial charge in [0.15, 0.2) is 17.2 Å². The minimum atomic E-state index is -0.937. The van der Waals surface area contributed by atoms with Crippen LogP contribution in [0.4, 0.5) is 10.5 Å². The predicted molar refractivity (Wildman–Crippen MR) is 155 cm³/mol. The summed E-state index contributed by atoms with van der Waals surface area (Å²) in [6.45, 7) is 5.20. The molecule has 40 heavy (non-hydrogen) atoms. The predicted octanol–water partition coefficient (Wildman–Crippen LogP) is 6.31. The van der Waals surface area contributed by atoms with Crippen LogP contribution in [0.5, 0.6) is 11.5 Å². The molecule has 1 aliphatic carbocycles. The standard InChI is InChI=1S/C33H37N3O4/c1-22-13-15-23(16-14-22)17-18-34-31(37)25-9-5-10-26(19-25)36-32(38)35-28-20-33(36,2)40-30-27(28)11-6-12-29(30)39-21-24-7-3-4-8-24/h5-6,9-16,19,24,28H,3-4,7-8,17-18,20-21H2,1-2H3,(H,34,37)(H,35,38). The van der Waals surface area contributed by atoms with E-state index in [2.05, 4.69) is 41.8 Å². The van der Waals surface area contributed by atoms with E-state index in [1.165, 1.54) is 36.8 Å². The van der Waals surface area contributed by atoms with Crippen molar-refractivity contribution in [3.8, 4) is 11.5 Å². The van der Waals surface area contributed by atoms with Crippen molar-refractivity contribution < 1.29 is 19.1 Å². The third kappa shape index (κ3) is 5.25. The van der Waals surface area contributed by atoms with E-state index in [0.29, 0.717) is 42.5 Å². The van der Waals surface area contributed by atoms with Crippen molar-refractivity contribution in [2.45, 2.75) is 64.1 Å². The molecule has 3 aromatic rings. The second kappa shape index (κ2) is 10.9. The number of hydrogen-bond acceptors (Lipinski definition) is 4. The molecule has 3 aliphatic rings. The highest BCUT2D eigenvalue weighted by Gasteiger charge is 2.50. The van der Waals surface area contributed by atoms with Crippen molar-refractivity contribution >= 4 is 17.6 Å². The van der Waals surface area contributed by atoms with E-state index >= 15 is 0 Å². The molecule has 1 saturated heterocycles. The van der Waals surface area contributed by atoms with Crippen LogP contribution < -0.4 is 25.0 Å². The van der Waals surface area contributed by atoms with Crippen molar-refractivity contribution in [1.82, 2.24) is 10.6 Å². The summed E-state index contributed by atoms with van der Waals surface area (Å²) < 4.78 is 12.9. The van der Waals surface area contributed by atoms with Gasteiger partial charge in [-0.3, -0.25) is 9.69 Å². The smallest absolute Gasteiger partial charge is 0.325 e. The van der Waals surface area contributed by atoms with Gasteiger partial charge >= 0.3 is 6.03 Å². The Bertz CT molecular complexity index is 1400. The highest BCUT2D eigenvalue weighted by Crippen LogP contribution is 2.49. The second-order valence-corrected chi connectivity index (χ2v) is 11.5. The van der Waals surface area contributed by atoms with E-state index < -0.39 is 5.72 Å². The summed E-state index contributed by atoms with van der Waals surface area (Å²) in [5, 5.41) is 6.17. The molecule has 2 unspecified atom stereocenters. The molecule has 208 valence electrons. The Morgan fingerprint density at radius 2 is 1.88 bits per heavy atom. The van der Waals surface area contributed by atoms with Crippen LogP contribution in [0.3, 0.4) is 0 Å². The molecule has 2 fully saturated rings. The number of amides is 3. The van der Waals surface area contributed by atoms with Crippen molar-refractivity contribution in [2.24, 2.45) is 5.92 Å². The van der Waals surface area contributed by atoms with Gasteiger partial charge < -0.3 is 20.1 Å². The van der Waals surface area contributed by atoms with Crippen LogP contribution in [-0.4, -0.2) is 30.8 Å². The van der Waals surface area contributed by atoms with Gasteiger partial charge in [0.2, 0.25) is 0 Å². The number of carbonyl (C=O) groups excluding carboxylic acids is 2. The van der Waals surface area contributed by atoms with Gasteiger partial charge in [0.1, 0.15) is 0 Å². The minimum Gasteiger partial charge on any atom is -0.489 e.